The third kappa shape index (κ3) is 9.00. The summed E-state index contributed by atoms with van der Waals surface area (Å²) in [5, 5.41) is 13.1. The number of ketones is 1. The van der Waals surface area contributed by atoms with Crippen molar-refractivity contribution in [2.45, 2.75) is 99.8 Å². The first-order valence-corrected chi connectivity index (χ1v) is 17.9. The molecule has 6 heteroatoms. The molecule has 50 heavy (non-hydrogen) atoms. The van der Waals surface area contributed by atoms with Crippen molar-refractivity contribution in [2.24, 2.45) is 11.8 Å². The van der Waals surface area contributed by atoms with Crippen LogP contribution in [0.15, 0.2) is 77.0 Å². The number of aryl methyl sites for hydroxylation is 2. The zero-order valence-electron chi connectivity index (χ0n) is 30.8. The molecule has 3 aromatic carbocycles. The molecule has 2 aromatic heterocycles. The van der Waals surface area contributed by atoms with Crippen molar-refractivity contribution >= 4 is 33.2 Å². The van der Waals surface area contributed by atoms with Crippen molar-refractivity contribution in [2.75, 3.05) is 0 Å². The molecule has 0 spiro atoms. The predicted octanol–water partition coefficient (Wildman–Crippen LogP) is 13.1. The van der Waals surface area contributed by atoms with Gasteiger partial charge in [0.25, 0.3) is 0 Å². The summed E-state index contributed by atoms with van der Waals surface area (Å²) >= 11 is 0. The van der Waals surface area contributed by atoms with Gasteiger partial charge in [-0.05, 0) is 57.6 Å². The first-order chi connectivity index (χ1) is 23.6. The van der Waals surface area contributed by atoms with Crippen LogP contribution in [0.3, 0.4) is 0 Å². The average molecular weight is 848 g/mol. The third-order valence-corrected chi connectivity index (χ3v) is 9.90. The Balaban J connectivity index is 0.000000361. The summed E-state index contributed by atoms with van der Waals surface area (Å²) in [5.74, 6) is 1.83. The van der Waals surface area contributed by atoms with Crippen LogP contribution in [-0.2, 0) is 24.9 Å². The Bertz CT molecular complexity index is 1950. The van der Waals surface area contributed by atoms with Crippen LogP contribution < -0.4 is 0 Å². The number of pyridine rings is 1. The molecule has 0 bridgehead atoms. The van der Waals surface area contributed by atoms with E-state index in [0.717, 1.165) is 88.6 Å². The molecule has 0 aliphatic carbocycles. The van der Waals surface area contributed by atoms with E-state index < -0.39 is 0 Å². The van der Waals surface area contributed by atoms with Gasteiger partial charge in [0.15, 0.2) is 11.5 Å². The van der Waals surface area contributed by atoms with Crippen molar-refractivity contribution in [3.05, 3.63) is 107 Å². The number of nitrogens with zero attached hydrogens (tertiary/aromatic N) is 2. The van der Waals surface area contributed by atoms with Crippen molar-refractivity contribution in [1.82, 2.24) is 4.98 Å². The number of benzene rings is 3. The van der Waals surface area contributed by atoms with Crippen LogP contribution in [-0.4, -0.2) is 15.9 Å². The fraction of sp³-hybridized carbons (Fsp3) is 0.386. The molecule has 5 rings (SSSR count). The molecule has 265 valence electrons. The fourth-order valence-electron chi connectivity index (χ4n) is 6.91. The Morgan fingerprint density at radius 2 is 1.52 bits per heavy atom. The minimum atomic E-state index is 0. The van der Waals surface area contributed by atoms with Crippen molar-refractivity contribution in [3.63, 3.8) is 0 Å². The van der Waals surface area contributed by atoms with Gasteiger partial charge in [-0.1, -0.05) is 107 Å². The van der Waals surface area contributed by atoms with E-state index in [1.54, 1.807) is 0 Å². The second kappa shape index (κ2) is 18.8. The van der Waals surface area contributed by atoms with E-state index in [2.05, 4.69) is 61.2 Å². The van der Waals surface area contributed by atoms with E-state index in [0.29, 0.717) is 11.6 Å². The number of aliphatic hydroxyl groups excluding tert-OH is 1. The molecule has 0 amide bonds. The van der Waals surface area contributed by atoms with Crippen molar-refractivity contribution in [3.8, 4) is 22.6 Å². The minimum Gasteiger partial charge on any atom is -0.512 e. The van der Waals surface area contributed by atoms with Gasteiger partial charge >= 0.3 is 0 Å². The third-order valence-electron chi connectivity index (χ3n) is 9.90. The summed E-state index contributed by atoms with van der Waals surface area (Å²) in [5.41, 5.74) is 7.65. The summed E-state index contributed by atoms with van der Waals surface area (Å²) in [6.45, 7) is 24.0. The SMILES string of the molecule is CCC(CC)C(=O)/C=C(\O)C(CC)CC.[C-]#[N+]c1cc(C)c(-c2cc3ccnc(-c4[c-]c5ccccc5c(C(CC)CC)c4)c3o2)c(C)c1.[Ir]. The summed E-state index contributed by atoms with van der Waals surface area (Å²) in [4.78, 5) is 20.1. The van der Waals surface area contributed by atoms with Gasteiger partial charge in [0, 0.05) is 60.9 Å². The number of allylic oxidation sites excluding steroid dienone is 2. The van der Waals surface area contributed by atoms with E-state index >= 15 is 0 Å². The molecule has 0 fully saturated rings. The molecular formula is C44H51IrN2O3-. The number of carbonyl (C=O) groups is 1. The Morgan fingerprint density at radius 3 is 2.10 bits per heavy atom. The van der Waals surface area contributed by atoms with Crippen molar-refractivity contribution in [1.29, 1.82) is 0 Å². The summed E-state index contributed by atoms with van der Waals surface area (Å²) in [6, 6.07) is 22.3. The van der Waals surface area contributed by atoms with Crippen LogP contribution >= 0.6 is 0 Å². The van der Waals surface area contributed by atoms with Crippen LogP contribution in [0, 0.1) is 38.3 Å². The van der Waals surface area contributed by atoms with E-state index in [1.165, 1.54) is 17.0 Å². The standard InChI is InChI=1S/C31H27N2O.C13H24O2.Ir/c1-6-21(7-2)27-17-24(16-22-10-8-9-11-26(22)27)30-31-23(12-13-33-30)18-28(34-31)29-19(3)14-25(32-5)15-20(29)4;1-5-10(6-2)12(14)9-13(15)11(7-3)8-4;/h8-15,17-18,21H,6-7H2,1-4H3;9-11,14H,5-8H2,1-4H3;/q-1;;/b;12-9-;. The Hall–Kier alpha value is -4.04. The molecular weight excluding hydrogens is 797 g/mol. The maximum absolute atomic E-state index is 11.7. The van der Waals surface area contributed by atoms with Crippen LogP contribution in [0.1, 0.15) is 103 Å². The van der Waals surface area contributed by atoms with Crippen molar-refractivity contribution < 1.29 is 34.4 Å². The Kier molecular flexibility index (Phi) is 15.2. The topological polar surface area (TPSA) is 67.7 Å². The van der Waals surface area contributed by atoms with Gasteiger partial charge in [-0.3, -0.25) is 9.78 Å². The quantitative estimate of drug-likeness (QED) is 0.0771. The molecule has 0 aliphatic rings. The van der Waals surface area contributed by atoms with Crippen LogP contribution in [0.2, 0.25) is 0 Å². The maximum atomic E-state index is 11.7. The predicted molar refractivity (Wildman–Crippen MR) is 204 cm³/mol. The first kappa shape index (κ1) is 40.4. The van der Waals surface area contributed by atoms with Gasteiger partial charge in [0.2, 0.25) is 0 Å². The van der Waals surface area contributed by atoms with Gasteiger partial charge in [-0.25, -0.2) is 4.85 Å². The molecule has 0 aliphatic heterocycles. The van der Waals surface area contributed by atoms with Gasteiger partial charge in [-0.15, -0.1) is 29.1 Å². The van der Waals surface area contributed by atoms with Gasteiger partial charge in [0.1, 0.15) is 11.3 Å². The van der Waals surface area contributed by atoms with Crippen LogP contribution in [0.4, 0.5) is 5.69 Å². The second-order valence-electron chi connectivity index (χ2n) is 13.0. The average Bonchev–Trinajstić information content (AvgIpc) is 3.53. The Morgan fingerprint density at radius 1 is 0.900 bits per heavy atom. The number of rotatable bonds is 12. The molecule has 0 saturated carbocycles. The largest absolute Gasteiger partial charge is 0.512 e. The maximum Gasteiger partial charge on any atom is 0.187 e. The first-order valence-electron chi connectivity index (χ1n) is 17.9. The van der Waals surface area contributed by atoms with Crippen LogP contribution in [0.25, 0.3) is 49.2 Å². The van der Waals surface area contributed by atoms with Gasteiger partial charge in [-0.2, -0.15) is 0 Å². The zero-order chi connectivity index (χ0) is 35.7. The van der Waals surface area contributed by atoms with E-state index in [9.17, 15) is 9.90 Å². The fourth-order valence-corrected chi connectivity index (χ4v) is 6.91. The molecule has 5 nitrogen and oxygen atoms in total. The number of carbonyl (C=O) groups excluding carboxylic acids is 1. The zero-order valence-corrected chi connectivity index (χ0v) is 33.2. The van der Waals surface area contributed by atoms with E-state index in [4.69, 9.17) is 16.0 Å². The van der Waals surface area contributed by atoms with E-state index in [1.807, 2.05) is 65.9 Å². The molecule has 1 N–H and O–H groups in total. The van der Waals surface area contributed by atoms with Gasteiger partial charge in [0.05, 0.1) is 12.3 Å². The molecule has 0 unspecified atom stereocenters. The normalized spacial score (nSPS) is 11.5. The van der Waals surface area contributed by atoms with Gasteiger partial charge < -0.3 is 9.52 Å². The molecule has 0 atom stereocenters. The smallest absolute Gasteiger partial charge is 0.187 e. The monoisotopic (exact) mass is 848 g/mol. The molecule has 1 radical (unpaired) electrons. The number of furan rings is 1. The minimum absolute atomic E-state index is 0. The Labute approximate surface area is 312 Å². The summed E-state index contributed by atoms with van der Waals surface area (Å²) < 4.78 is 6.48. The van der Waals surface area contributed by atoms with E-state index in [-0.39, 0.29) is 43.5 Å². The summed E-state index contributed by atoms with van der Waals surface area (Å²) in [7, 11) is 0. The molecule has 2 heterocycles. The number of aromatic nitrogens is 1. The number of hydrogen-bond acceptors (Lipinski definition) is 4. The second-order valence-corrected chi connectivity index (χ2v) is 13.0. The number of hydrogen-bond donors (Lipinski definition) is 1. The molecule has 5 aromatic rings. The summed E-state index contributed by atoms with van der Waals surface area (Å²) in [6.07, 6.45) is 8.93. The number of fused-ring (bicyclic) bond motifs is 2. The molecule has 0 saturated heterocycles. The number of aliphatic hydroxyl groups is 1. The van der Waals surface area contributed by atoms with Crippen LogP contribution in [0.5, 0.6) is 0 Å².